The van der Waals surface area contributed by atoms with Crippen LogP contribution in [0.1, 0.15) is 5.56 Å². The lowest BCUT2D eigenvalue weighted by Gasteiger charge is -2.08. The lowest BCUT2D eigenvalue weighted by molar-refractivity contribution is 0.201. The van der Waals surface area contributed by atoms with E-state index in [4.69, 9.17) is 4.74 Å². The van der Waals surface area contributed by atoms with Crippen LogP contribution >= 0.6 is 0 Å². The second-order valence-corrected chi connectivity index (χ2v) is 3.16. The molecule has 0 aliphatic rings. The monoisotopic (exact) mass is 217 g/mol. The number of rotatable bonds is 5. The van der Waals surface area contributed by atoms with Gasteiger partial charge in [0.2, 0.25) is 0 Å². The molecule has 0 saturated heterocycles. The fourth-order valence-corrected chi connectivity index (χ4v) is 1.22. The Bertz CT molecular complexity index is 385. The number of ether oxygens (including phenoxy) is 1. The largest absolute Gasteiger partial charge is 0.412 e. The number of allylic oxidation sites excluding steroid dienone is 1. The molecule has 0 spiro atoms. The second-order valence-electron chi connectivity index (χ2n) is 3.16. The van der Waals surface area contributed by atoms with Gasteiger partial charge in [0, 0.05) is 6.54 Å². The van der Waals surface area contributed by atoms with E-state index >= 15 is 0 Å². The number of benzene rings is 1. The SMILES string of the molecule is C=CCNC(=O)Oc1ccccc1CC=C. The molecule has 0 fully saturated rings. The van der Waals surface area contributed by atoms with E-state index in [1.165, 1.54) is 0 Å². The number of para-hydroxylation sites is 1. The average Bonchev–Trinajstić information content (AvgIpc) is 2.29. The number of carbonyl (C=O) groups is 1. The topological polar surface area (TPSA) is 38.3 Å². The highest BCUT2D eigenvalue weighted by molar-refractivity contribution is 5.71. The standard InChI is InChI=1S/C13H15NO2/c1-3-7-11-8-5-6-9-12(11)16-13(15)14-10-4-2/h3-6,8-9H,1-2,7,10H2,(H,14,15). The maximum absolute atomic E-state index is 11.3. The van der Waals surface area contributed by atoms with Crippen molar-refractivity contribution in [1.82, 2.24) is 5.32 Å². The van der Waals surface area contributed by atoms with Gasteiger partial charge in [-0.2, -0.15) is 0 Å². The Morgan fingerprint density at radius 2 is 2.06 bits per heavy atom. The zero-order valence-electron chi connectivity index (χ0n) is 9.11. The maximum Gasteiger partial charge on any atom is 0.412 e. The molecule has 1 rings (SSSR count). The Labute approximate surface area is 95.4 Å². The molecule has 16 heavy (non-hydrogen) atoms. The van der Waals surface area contributed by atoms with Crippen molar-refractivity contribution in [2.45, 2.75) is 6.42 Å². The van der Waals surface area contributed by atoms with Gasteiger partial charge in [-0.05, 0) is 18.1 Å². The Morgan fingerprint density at radius 1 is 1.31 bits per heavy atom. The molecular formula is C13H15NO2. The summed E-state index contributed by atoms with van der Waals surface area (Å²) in [6, 6.07) is 7.38. The van der Waals surface area contributed by atoms with E-state index in [1.54, 1.807) is 18.2 Å². The van der Waals surface area contributed by atoms with E-state index in [0.29, 0.717) is 18.7 Å². The van der Waals surface area contributed by atoms with Crippen LogP contribution in [-0.4, -0.2) is 12.6 Å². The van der Waals surface area contributed by atoms with Crippen LogP contribution in [0.4, 0.5) is 4.79 Å². The van der Waals surface area contributed by atoms with Crippen LogP contribution in [0.2, 0.25) is 0 Å². The molecule has 0 aliphatic heterocycles. The molecular weight excluding hydrogens is 202 g/mol. The van der Waals surface area contributed by atoms with Gasteiger partial charge in [-0.25, -0.2) is 4.79 Å². The number of hydrogen-bond acceptors (Lipinski definition) is 2. The van der Waals surface area contributed by atoms with Gasteiger partial charge in [-0.3, -0.25) is 0 Å². The number of carbonyl (C=O) groups excluding carboxylic acids is 1. The number of nitrogens with one attached hydrogen (secondary N) is 1. The molecule has 1 aromatic carbocycles. The predicted molar refractivity (Wildman–Crippen MR) is 64.6 cm³/mol. The zero-order chi connectivity index (χ0) is 11.8. The molecule has 0 atom stereocenters. The molecule has 0 radical (unpaired) electrons. The first kappa shape index (κ1) is 12.0. The van der Waals surface area contributed by atoms with E-state index < -0.39 is 6.09 Å². The summed E-state index contributed by atoms with van der Waals surface area (Å²) in [4.78, 5) is 11.3. The minimum atomic E-state index is -0.476. The molecule has 3 nitrogen and oxygen atoms in total. The van der Waals surface area contributed by atoms with Crippen LogP contribution in [0.15, 0.2) is 49.6 Å². The molecule has 0 saturated carbocycles. The molecule has 3 heteroatoms. The van der Waals surface area contributed by atoms with E-state index in [1.807, 2.05) is 18.2 Å². The van der Waals surface area contributed by atoms with Crippen molar-refractivity contribution in [1.29, 1.82) is 0 Å². The van der Waals surface area contributed by atoms with Gasteiger partial charge in [-0.1, -0.05) is 30.4 Å². The minimum absolute atomic E-state index is 0.391. The molecule has 0 aliphatic carbocycles. The summed E-state index contributed by atoms with van der Waals surface area (Å²) in [5.74, 6) is 0.559. The summed E-state index contributed by atoms with van der Waals surface area (Å²) in [5, 5.41) is 2.55. The number of hydrogen-bond donors (Lipinski definition) is 1. The van der Waals surface area contributed by atoms with Crippen LogP contribution in [0, 0.1) is 0 Å². The summed E-state index contributed by atoms with van der Waals surface area (Å²) in [6.45, 7) is 7.55. The third-order valence-electron chi connectivity index (χ3n) is 1.93. The first-order chi connectivity index (χ1) is 7.77. The van der Waals surface area contributed by atoms with Crippen molar-refractivity contribution >= 4 is 6.09 Å². The Kier molecular flexibility index (Phi) is 4.86. The smallest absolute Gasteiger partial charge is 0.410 e. The summed E-state index contributed by atoms with van der Waals surface area (Å²) in [7, 11) is 0. The highest BCUT2D eigenvalue weighted by Crippen LogP contribution is 2.18. The van der Waals surface area contributed by atoms with Crippen molar-refractivity contribution < 1.29 is 9.53 Å². The van der Waals surface area contributed by atoms with Gasteiger partial charge in [0.15, 0.2) is 0 Å². The van der Waals surface area contributed by atoms with Gasteiger partial charge in [0.1, 0.15) is 5.75 Å². The Morgan fingerprint density at radius 3 is 2.75 bits per heavy atom. The summed E-state index contributed by atoms with van der Waals surface area (Å²) < 4.78 is 5.15. The van der Waals surface area contributed by atoms with E-state index in [9.17, 15) is 4.79 Å². The van der Waals surface area contributed by atoms with Gasteiger partial charge < -0.3 is 10.1 Å². The highest BCUT2D eigenvalue weighted by Gasteiger charge is 2.06. The summed E-state index contributed by atoms with van der Waals surface area (Å²) >= 11 is 0. The van der Waals surface area contributed by atoms with Crippen molar-refractivity contribution in [3.8, 4) is 5.75 Å². The van der Waals surface area contributed by atoms with Crippen molar-refractivity contribution in [2.24, 2.45) is 0 Å². The van der Waals surface area contributed by atoms with Crippen LogP contribution < -0.4 is 10.1 Å². The predicted octanol–water partition coefficient (Wildman–Crippen LogP) is 2.69. The molecule has 0 aromatic heterocycles. The number of amides is 1. The van der Waals surface area contributed by atoms with Crippen molar-refractivity contribution in [3.63, 3.8) is 0 Å². The highest BCUT2D eigenvalue weighted by atomic mass is 16.6. The lowest BCUT2D eigenvalue weighted by Crippen LogP contribution is -2.27. The zero-order valence-corrected chi connectivity index (χ0v) is 9.11. The summed E-state index contributed by atoms with van der Waals surface area (Å²) in [6.07, 6.45) is 3.56. The van der Waals surface area contributed by atoms with Gasteiger partial charge >= 0.3 is 6.09 Å². The first-order valence-electron chi connectivity index (χ1n) is 5.03. The Balaban J connectivity index is 2.68. The van der Waals surface area contributed by atoms with Gasteiger partial charge in [0.05, 0.1) is 0 Å². The third-order valence-corrected chi connectivity index (χ3v) is 1.93. The normalized spacial score (nSPS) is 9.25. The molecule has 0 unspecified atom stereocenters. The van der Waals surface area contributed by atoms with Crippen LogP contribution in [0.25, 0.3) is 0 Å². The van der Waals surface area contributed by atoms with E-state index in [2.05, 4.69) is 18.5 Å². The van der Waals surface area contributed by atoms with Gasteiger partial charge in [-0.15, -0.1) is 13.2 Å². The fraction of sp³-hybridized carbons (Fsp3) is 0.154. The fourth-order valence-electron chi connectivity index (χ4n) is 1.22. The van der Waals surface area contributed by atoms with Crippen LogP contribution in [-0.2, 0) is 6.42 Å². The Hall–Kier alpha value is -2.03. The first-order valence-corrected chi connectivity index (χ1v) is 5.03. The summed E-state index contributed by atoms with van der Waals surface area (Å²) in [5.41, 5.74) is 0.936. The quantitative estimate of drug-likeness (QED) is 0.770. The van der Waals surface area contributed by atoms with Crippen molar-refractivity contribution in [3.05, 3.63) is 55.1 Å². The van der Waals surface area contributed by atoms with Crippen LogP contribution in [0.3, 0.4) is 0 Å². The van der Waals surface area contributed by atoms with Crippen molar-refractivity contribution in [2.75, 3.05) is 6.54 Å². The maximum atomic E-state index is 11.3. The molecule has 84 valence electrons. The molecule has 1 amide bonds. The van der Waals surface area contributed by atoms with E-state index in [-0.39, 0.29) is 0 Å². The van der Waals surface area contributed by atoms with E-state index in [0.717, 1.165) is 5.56 Å². The second kappa shape index (κ2) is 6.45. The molecule has 1 aromatic rings. The van der Waals surface area contributed by atoms with Crippen LogP contribution in [0.5, 0.6) is 5.75 Å². The molecule has 1 N–H and O–H groups in total. The average molecular weight is 217 g/mol. The molecule has 0 bridgehead atoms. The minimum Gasteiger partial charge on any atom is -0.410 e. The van der Waals surface area contributed by atoms with Gasteiger partial charge in [0.25, 0.3) is 0 Å². The molecule has 0 heterocycles. The third kappa shape index (κ3) is 3.61. The lowest BCUT2D eigenvalue weighted by atomic mass is 10.1.